The summed E-state index contributed by atoms with van der Waals surface area (Å²) in [6.45, 7) is 8.73. The van der Waals surface area contributed by atoms with Gasteiger partial charge < -0.3 is 15.6 Å². The lowest BCUT2D eigenvalue weighted by atomic mass is 10.3. The Morgan fingerprint density at radius 1 is 1.47 bits per heavy atom. The predicted molar refractivity (Wildman–Crippen MR) is 61.0 cm³/mol. The second-order valence-electron chi connectivity index (χ2n) is 2.70. The molecule has 0 spiro atoms. The van der Waals surface area contributed by atoms with Crippen molar-refractivity contribution in [2.45, 2.75) is 34.2 Å². The van der Waals surface area contributed by atoms with Crippen LogP contribution in [0.2, 0.25) is 0 Å². The van der Waals surface area contributed by atoms with Crippen LogP contribution in [0.3, 0.4) is 0 Å². The summed E-state index contributed by atoms with van der Waals surface area (Å²) in [7, 11) is 0. The quantitative estimate of drug-likeness (QED) is 0.791. The maximum Gasteiger partial charge on any atom is 0.237 e. The lowest BCUT2D eigenvalue weighted by Gasteiger charge is -1.98. The molecule has 3 N–H and O–H groups in total. The highest BCUT2D eigenvalue weighted by Crippen LogP contribution is 2.21. The summed E-state index contributed by atoms with van der Waals surface area (Å²) in [5.74, 6) is 1.10. The van der Waals surface area contributed by atoms with Crippen LogP contribution >= 0.6 is 0 Å². The van der Waals surface area contributed by atoms with Gasteiger partial charge in [-0.15, -0.1) is 5.10 Å². The van der Waals surface area contributed by atoms with Crippen molar-refractivity contribution < 1.29 is 9.84 Å². The van der Waals surface area contributed by atoms with Gasteiger partial charge >= 0.3 is 0 Å². The number of hydrogen-bond acceptors (Lipinski definition) is 4. The van der Waals surface area contributed by atoms with E-state index in [0.717, 1.165) is 5.56 Å². The molecule has 0 saturated carbocycles. The van der Waals surface area contributed by atoms with Crippen LogP contribution in [-0.2, 0) is 6.54 Å². The van der Waals surface area contributed by atoms with Crippen molar-refractivity contribution in [2.24, 2.45) is 0 Å². The van der Waals surface area contributed by atoms with Crippen LogP contribution in [0.4, 0.5) is 5.82 Å². The molecule has 0 fully saturated rings. The van der Waals surface area contributed by atoms with Gasteiger partial charge in [0.25, 0.3) is 0 Å². The summed E-state index contributed by atoms with van der Waals surface area (Å²) in [5, 5.41) is 12.8. The number of rotatable bonds is 4. The monoisotopic (exact) mass is 215 g/mol. The van der Waals surface area contributed by atoms with Crippen LogP contribution in [0.5, 0.6) is 5.88 Å². The first-order chi connectivity index (χ1) is 7.20. The van der Waals surface area contributed by atoms with E-state index in [1.165, 1.54) is 0 Å². The van der Waals surface area contributed by atoms with Gasteiger partial charge in [0.15, 0.2) is 0 Å². The fraction of sp³-hybridized carbons (Fsp3) is 0.700. The Balaban J connectivity index is 0.000000921. The highest BCUT2D eigenvalue weighted by Gasteiger charge is 2.11. The number of aromatic nitrogens is 2. The van der Waals surface area contributed by atoms with Crippen LogP contribution in [0.15, 0.2) is 0 Å². The Hall–Kier alpha value is -1.23. The van der Waals surface area contributed by atoms with Crippen molar-refractivity contribution in [3.05, 3.63) is 5.56 Å². The first-order valence-electron chi connectivity index (χ1n) is 5.27. The fourth-order valence-corrected chi connectivity index (χ4v) is 1.08. The standard InChI is InChI=1S/C8H15N3O2.C2H6/c1-3-13-8-6(2)7(9)11(10-8)4-5-12;1-2/h12H,3-5,9H2,1-2H3;1-2H3. The van der Waals surface area contributed by atoms with Gasteiger partial charge in [-0.25, -0.2) is 4.68 Å². The van der Waals surface area contributed by atoms with E-state index in [4.69, 9.17) is 15.6 Å². The normalized spacial score (nSPS) is 9.40. The third kappa shape index (κ3) is 3.43. The zero-order valence-corrected chi connectivity index (χ0v) is 9.95. The van der Waals surface area contributed by atoms with E-state index in [1.807, 2.05) is 27.7 Å². The van der Waals surface area contributed by atoms with Crippen molar-refractivity contribution in [1.29, 1.82) is 0 Å². The number of nitrogens with two attached hydrogens (primary N) is 1. The highest BCUT2D eigenvalue weighted by molar-refractivity contribution is 5.45. The average molecular weight is 215 g/mol. The third-order valence-electron chi connectivity index (χ3n) is 1.79. The number of hydrogen-bond donors (Lipinski definition) is 2. The van der Waals surface area contributed by atoms with E-state index in [1.54, 1.807) is 4.68 Å². The zero-order valence-electron chi connectivity index (χ0n) is 9.95. The summed E-state index contributed by atoms with van der Waals surface area (Å²) < 4.78 is 6.79. The Bertz CT molecular complexity index is 258. The minimum Gasteiger partial charge on any atom is -0.477 e. The SMILES string of the molecule is CC.CCOc1nn(CCO)c(N)c1C. The average Bonchev–Trinajstić information content (AvgIpc) is 2.51. The molecule has 1 aromatic rings. The summed E-state index contributed by atoms with van der Waals surface area (Å²) in [4.78, 5) is 0. The fourth-order valence-electron chi connectivity index (χ4n) is 1.08. The zero-order chi connectivity index (χ0) is 11.8. The Kier molecular flexibility index (Phi) is 6.53. The lowest BCUT2D eigenvalue weighted by Crippen LogP contribution is -2.07. The van der Waals surface area contributed by atoms with Gasteiger partial charge in [-0.3, -0.25) is 0 Å². The second-order valence-corrected chi connectivity index (χ2v) is 2.70. The third-order valence-corrected chi connectivity index (χ3v) is 1.79. The van der Waals surface area contributed by atoms with Gasteiger partial charge in [-0.05, 0) is 13.8 Å². The number of nitrogens with zero attached hydrogens (tertiary/aromatic N) is 2. The number of nitrogen functional groups attached to an aromatic ring is 1. The first-order valence-corrected chi connectivity index (χ1v) is 5.27. The van der Waals surface area contributed by atoms with E-state index in [-0.39, 0.29) is 6.61 Å². The van der Waals surface area contributed by atoms with Crippen molar-refractivity contribution in [2.75, 3.05) is 18.9 Å². The molecular formula is C10H21N3O2. The van der Waals surface area contributed by atoms with Crippen LogP contribution in [0, 0.1) is 6.92 Å². The van der Waals surface area contributed by atoms with E-state index in [9.17, 15) is 0 Å². The molecular weight excluding hydrogens is 194 g/mol. The summed E-state index contributed by atoms with van der Waals surface area (Å²) >= 11 is 0. The van der Waals surface area contributed by atoms with Gasteiger partial charge in [0.2, 0.25) is 5.88 Å². The largest absolute Gasteiger partial charge is 0.477 e. The van der Waals surface area contributed by atoms with E-state index in [2.05, 4.69) is 5.10 Å². The molecule has 1 rings (SSSR count). The van der Waals surface area contributed by atoms with Crippen LogP contribution < -0.4 is 10.5 Å². The summed E-state index contributed by atoms with van der Waals surface area (Å²) in [5.41, 5.74) is 6.56. The molecule has 0 saturated heterocycles. The molecule has 0 amide bonds. The van der Waals surface area contributed by atoms with Gasteiger partial charge in [0.05, 0.1) is 25.3 Å². The Labute approximate surface area is 90.8 Å². The van der Waals surface area contributed by atoms with Crippen molar-refractivity contribution >= 4 is 5.82 Å². The first kappa shape index (κ1) is 13.8. The summed E-state index contributed by atoms with van der Waals surface area (Å²) in [6, 6.07) is 0. The molecule has 0 atom stereocenters. The molecule has 15 heavy (non-hydrogen) atoms. The van der Waals surface area contributed by atoms with E-state index >= 15 is 0 Å². The molecule has 0 radical (unpaired) electrons. The van der Waals surface area contributed by atoms with Crippen molar-refractivity contribution in [3.63, 3.8) is 0 Å². The van der Waals surface area contributed by atoms with Crippen LogP contribution in [0.1, 0.15) is 26.3 Å². The highest BCUT2D eigenvalue weighted by atomic mass is 16.5. The van der Waals surface area contributed by atoms with Crippen LogP contribution in [-0.4, -0.2) is 28.1 Å². The van der Waals surface area contributed by atoms with E-state index in [0.29, 0.717) is 24.8 Å². The molecule has 0 aliphatic rings. The Morgan fingerprint density at radius 3 is 2.53 bits per heavy atom. The van der Waals surface area contributed by atoms with Gasteiger partial charge in [-0.1, -0.05) is 13.8 Å². The molecule has 0 aliphatic carbocycles. The minimum absolute atomic E-state index is 0.0247. The molecule has 1 aromatic heterocycles. The molecule has 5 heteroatoms. The smallest absolute Gasteiger partial charge is 0.237 e. The van der Waals surface area contributed by atoms with Gasteiger partial charge in [0, 0.05) is 0 Å². The molecule has 88 valence electrons. The number of anilines is 1. The minimum atomic E-state index is 0.0247. The van der Waals surface area contributed by atoms with Crippen molar-refractivity contribution in [3.8, 4) is 5.88 Å². The molecule has 1 heterocycles. The van der Waals surface area contributed by atoms with Gasteiger partial charge in [-0.2, -0.15) is 0 Å². The molecule has 0 unspecified atom stereocenters. The topological polar surface area (TPSA) is 73.3 Å². The number of ether oxygens (including phenoxy) is 1. The molecule has 5 nitrogen and oxygen atoms in total. The Morgan fingerprint density at radius 2 is 2.07 bits per heavy atom. The maximum atomic E-state index is 8.72. The number of aliphatic hydroxyl groups is 1. The molecule has 0 bridgehead atoms. The molecule has 0 aromatic carbocycles. The number of aliphatic hydroxyl groups excluding tert-OH is 1. The lowest BCUT2D eigenvalue weighted by molar-refractivity contribution is 0.265. The summed E-state index contributed by atoms with van der Waals surface area (Å²) in [6.07, 6.45) is 0. The van der Waals surface area contributed by atoms with E-state index < -0.39 is 0 Å². The van der Waals surface area contributed by atoms with Crippen LogP contribution in [0.25, 0.3) is 0 Å². The maximum absolute atomic E-state index is 8.72. The van der Waals surface area contributed by atoms with Crippen molar-refractivity contribution in [1.82, 2.24) is 9.78 Å². The second kappa shape index (κ2) is 7.11. The molecule has 0 aliphatic heterocycles. The predicted octanol–water partition coefficient (Wildman–Crippen LogP) is 1.19. The van der Waals surface area contributed by atoms with Gasteiger partial charge in [0.1, 0.15) is 5.82 Å².